The summed E-state index contributed by atoms with van der Waals surface area (Å²) >= 11 is 0. The van der Waals surface area contributed by atoms with Crippen LogP contribution >= 0.6 is 0 Å². The average molecular weight is 214 g/mol. The van der Waals surface area contributed by atoms with Crippen LogP contribution in [0.1, 0.15) is 25.7 Å². The van der Waals surface area contributed by atoms with E-state index in [1.54, 1.807) is 0 Å². The SMILES string of the molecule is C=C(CO)C(=O)OCC1CCCC(O)C1. The van der Waals surface area contributed by atoms with Gasteiger partial charge in [-0.1, -0.05) is 13.0 Å². The van der Waals surface area contributed by atoms with E-state index in [1.165, 1.54) is 0 Å². The summed E-state index contributed by atoms with van der Waals surface area (Å²) in [5, 5.41) is 18.0. The third-order valence-corrected chi connectivity index (χ3v) is 2.68. The second kappa shape index (κ2) is 5.88. The number of carbonyl (C=O) groups excluding carboxylic acids is 1. The number of rotatable bonds is 4. The number of aliphatic hydroxyl groups excluding tert-OH is 2. The zero-order valence-electron chi connectivity index (χ0n) is 8.82. The molecule has 2 N–H and O–H groups in total. The second-order valence-electron chi connectivity index (χ2n) is 4.05. The van der Waals surface area contributed by atoms with Gasteiger partial charge in [-0.15, -0.1) is 0 Å². The fourth-order valence-electron chi connectivity index (χ4n) is 1.77. The summed E-state index contributed by atoms with van der Waals surface area (Å²) in [6.45, 7) is 3.32. The lowest BCUT2D eigenvalue weighted by molar-refractivity contribution is -0.141. The van der Waals surface area contributed by atoms with Gasteiger partial charge in [-0.3, -0.25) is 0 Å². The molecular weight excluding hydrogens is 196 g/mol. The van der Waals surface area contributed by atoms with Gasteiger partial charge in [0.15, 0.2) is 0 Å². The lowest BCUT2D eigenvalue weighted by atomic mass is 9.88. The summed E-state index contributed by atoms with van der Waals surface area (Å²) in [7, 11) is 0. The molecule has 0 amide bonds. The minimum absolute atomic E-state index is 0.0753. The van der Waals surface area contributed by atoms with E-state index in [9.17, 15) is 9.90 Å². The Morgan fingerprint density at radius 1 is 1.47 bits per heavy atom. The van der Waals surface area contributed by atoms with Crippen molar-refractivity contribution in [2.45, 2.75) is 31.8 Å². The van der Waals surface area contributed by atoms with E-state index in [2.05, 4.69) is 6.58 Å². The highest BCUT2D eigenvalue weighted by Crippen LogP contribution is 2.24. The number of ether oxygens (including phenoxy) is 1. The summed E-state index contributed by atoms with van der Waals surface area (Å²) in [4.78, 5) is 11.2. The first-order chi connectivity index (χ1) is 7.13. The zero-order valence-corrected chi connectivity index (χ0v) is 8.82. The molecule has 0 aromatic carbocycles. The van der Waals surface area contributed by atoms with Crippen LogP contribution in [0.15, 0.2) is 12.2 Å². The molecule has 0 heterocycles. The van der Waals surface area contributed by atoms with Gasteiger partial charge in [-0.2, -0.15) is 0 Å². The van der Waals surface area contributed by atoms with E-state index in [4.69, 9.17) is 9.84 Å². The minimum Gasteiger partial charge on any atom is -0.462 e. The van der Waals surface area contributed by atoms with Crippen molar-refractivity contribution in [3.63, 3.8) is 0 Å². The van der Waals surface area contributed by atoms with E-state index < -0.39 is 5.97 Å². The molecule has 0 aromatic heterocycles. The molecule has 0 spiro atoms. The van der Waals surface area contributed by atoms with Crippen LogP contribution in [0.5, 0.6) is 0 Å². The first kappa shape index (κ1) is 12.2. The lowest BCUT2D eigenvalue weighted by Crippen LogP contribution is -2.24. The Bertz CT molecular complexity index is 237. The van der Waals surface area contributed by atoms with Gasteiger partial charge < -0.3 is 14.9 Å². The molecule has 0 radical (unpaired) electrons. The number of carbonyl (C=O) groups is 1. The highest BCUT2D eigenvalue weighted by molar-refractivity contribution is 5.87. The van der Waals surface area contributed by atoms with Crippen molar-refractivity contribution in [2.24, 2.45) is 5.92 Å². The van der Waals surface area contributed by atoms with E-state index in [-0.39, 0.29) is 24.2 Å². The summed E-state index contributed by atoms with van der Waals surface area (Å²) < 4.78 is 4.97. The molecule has 0 aromatic rings. The van der Waals surface area contributed by atoms with Crippen LogP contribution in [0.3, 0.4) is 0 Å². The zero-order chi connectivity index (χ0) is 11.3. The second-order valence-corrected chi connectivity index (χ2v) is 4.05. The van der Waals surface area contributed by atoms with Gasteiger partial charge in [0.25, 0.3) is 0 Å². The van der Waals surface area contributed by atoms with Crippen LogP contribution in [0.2, 0.25) is 0 Å². The van der Waals surface area contributed by atoms with Gasteiger partial charge in [0.2, 0.25) is 0 Å². The normalized spacial score (nSPS) is 26.0. The highest BCUT2D eigenvalue weighted by Gasteiger charge is 2.21. The molecule has 0 bridgehead atoms. The van der Waals surface area contributed by atoms with Crippen molar-refractivity contribution in [2.75, 3.05) is 13.2 Å². The predicted octanol–water partition coefficient (Wildman–Crippen LogP) is 0.629. The number of esters is 1. The molecule has 86 valence electrons. The maximum absolute atomic E-state index is 11.2. The Labute approximate surface area is 89.6 Å². The topological polar surface area (TPSA) is 66.8 Å². The van der Waals surface area contributed by atoms with Gasteiger partial charge in [-0.25, -0.2) is 4.79 Å². The Balaban J connectivity index is 2.24. The van der Waals surface area contributed by atoms with Crippen molar-refractivity contribution >= 4 is 5.97 Å². The average Bonchev–Trinajstić information content (AvgIpc) is 2.25. The Morgan fingerprint density at radius 3 is 2.80 bits per heavy atom. The molecule has 0 saturated heterocycles. The summed E-state index contributed by atoms with van der Waals surface area (Å²) in [6, 6.07) is 0. The smallest absolute Gasteiger partial charge is 0.335 e. The monoisotopic (exact) mass is 214 g/mol. The Kier molecular flexibility index (Phi) is 4.78. The van der Waals surface area contributed by atoms with Crippen LogP contribution in [0.25, 0.3) is 0 Å². The van der Waals surface area contributed by atoms with Gasteiger partial charge in [-0.05, 0) is 25.2 Å². The van der Waals surface area contributed by atoms with Gasteiger partial charge in [0.05, 0.1) is 24.9 Å². The number of aliphatic hydroxyl groups is 2. The van der Waals surface area contributed by atoms with Crippen molar-refractivity contribution in [1.29, 1.82) is 0 Å². The van der Waals surface area contributed by atoms with Gasteiger partial charge >= 0.3 is 5.97 Å². The van der Waals surface area contributed by atoms with E-state index in [0.29, 0.717) is 13.0 Å². The molecule has 15 heavy (non-hydrogen) atoms. The molecule has 1 saturated carbocycles. The van der Waals surface area contributed by atoms with Crippen LogP contribution < -0.4 is 0 Å². The molecule has 4 nitrogen and oxygen atoms in total. The summed E-state index contributed by atoms with van der Waals surface area (Å²) in [5.74, 6) is -0.304. The highest BCUT2D eigenvalue weighted by atomic mass is 16.5. The largest absolute Gasteiger partial charge is 0.462 e. The minimum atomic E-state index is -0.544. The first-order valence-corrected chi connectivity index (χ1v) is 5.27. The fraction of sp³-hybridized carbons (Fsp3) is 0.727. The summed E-state index contributed by atoms with van der Waals surface area (Å²) in [6.07, 6.45) is 3.23. The molecule has 2 unspecified atom stereocenters. The molecule has 2 atom stereocenters. The molecule has 1 fully saturated rings. The maximum atomic E-state index is 11.2. The molecule has 1 aliphatic carbocycles. The first-order valence-electron chi connectivity index (χ1n) is 5.27. The molecule has 1 aliphatic rings. The van der Waals surface area contributed by atoms with Crippen molar-refractivity contribution in [1.82, 2.24) is 0 Å². The summed E-state index contributed by atoms with van der Waals surface area (Å²) in [5.41, 5.74) is 0.0753. The van der Waals surface area contributed by atoms with Crippen LogP contribution in [-0.4, -0.2) is 35.5 Å². The Hall–Kier alpha value is -0.870. The van der Waals surface area contributed by atoms with Crippen LogP contribution in [0, 0.1) is 5.92 Å². The van der Waals surface area contributed by atoms with Gasteiger partial charge in [0, 0.05) is 0 Å². The van der Waals surface area contributed by atoms with Crippen LogP contribution in [0.4, 0.5) is 0 Å². The molecule has 0 aliphatic heterocycles. The van der Waals surface area contributed by atoms with Crippen molar-refractivity contribution in [3.8, 4) is 0 Å². The van der Waals surface area contributed by atoms with Crippen molar-refractivity contribution < 1.29 is 19.7 Å². The third-order valence-electron chi connectivity index (χ3n) is 2.68. The fourth-order valence-corrected chi connectivity index (χ4v) is 1.77. The van der Waals surface area contributed by atoms with E-state index >= 15 is 0 Å². The van der Waals surface area contributed by atoms with Crippen LogP contribution in [-0.2, 0) is 9.53 Å². The van der Waals surface area contributed by atoms with Gasteiger partial charge in [0.1, 0.15) is 0 Å². The van der Waals surface area contributed by atoms with E-state index in [0.717, 1.165) is 19.3 Å². The number of hydrogen-bond donors (Lipinski definition) is 2. The predicted molar refractivity (Wildman–Crippen MR) is 55.1 cm³/mol. The third kappa shape index (κ3) is 4.01. The molecule has 1 rings (SSSR count). The maximum Gasteiger partial charge on any atom is 0.335 e. The number of hydrogen-bond acceptors (Lipinski definition) is 4. The standard InChI is InChI=1S/C11H18O4/c1-8(6-12)11(14)15-7-9-3-2-4-10(13)5-9/h9-10,12-13H,1-7H2. The quantitative estimate of drug-likeness (QED) is 0.532. The molecule has 4 heteroatoms. The van der Waals surface area contributed by atoms with E-state index in [1.807, 2.05) is 0 Å². The lowest BCUT2D eigenvalue weighted by Gasteiger charge is -2.25. The van der Waals surface area contributed by atoms with Crippen molar-refractivity contribution in [3.05, 3.63) is 12.2 Å². The Morgan fingerprint density at radius 2 is 2.20 bits per heavy atom. The molecular formula is C11H18O4.